The first-order chi connectivity index (χ1) is 8.79. The van der Waals surface area contributed by atoms with Gasteiger partial charge in [-0.3, -0.25) is 0 Å². The van der Waals surface area contributed by atoms with E-state index in [-0.39, 0.29) is 6.10 Å². The molecule has 2 aromatic heterocycles. The van der Waals surface area contributed by atoms with Crippen LogP contribution in [0.25, 0.3) is 10.2 Å². The Labute approximate surface area is 118 Å². The number of halogens is 1. The molecule has 1 aliphatic rings. The van der Waals surface area contributed by atoms with E-state index in [1.165, 1.54) is 10.3 Å². The van der Waals surface area contributed by atoms with Crippen LogP contribution in [0.5, 0.6) is 0 Å². The van der Waals surface area contributed by atoms with Gasteiger partial charge >= 0.3 is 0 Å². The first-order valence-electron chi connectivity index (χ1n) is 5.91. The molecule has 0 bridgehead atoms. The molecule has 0 saturated carbocycles. The number of fused-ring (bicyclic) bond motifs is 1. The lowest BCUT2D eigenvalue weighted by Crippen LogP contribution is -2.43. The highest BCUT2D eigenvalue weighted by atomic mass is 79.9. The Hall–Kier alpha value is -0.720. The van der Waals surface area contributed by atoms with E-state index in [2.05, 4.69) is 43.1 Å². The second-order valence-electron chi connectivity index (χ2n) is 4.39. The molecule has 96 valence electrons. The molecule has 1 aliphatic heterocycles. The van der Waals surface area contributed by atoms with Crippen molar-refractivity contribution < 1.29 is 4.74 Å². The fourth-order valence-corrected chi connectivity index (χ4v) is 3.60. The summed E-state index contributed by atoms with van der Waals surface area (Å²) in [5, 5.41) is 3.01. The van der Waals surface area contributed by atoms with Gasteiger partial charge in [0, 0.05) is 18.4 Å². The van der Waals surface area contributed by atoms with Crippen molar-refractivity contribution in [2.24, 2.45) is 0 Å². The van der Waals surface area contributed by atoms with E-state index in [9.17, 15) is 0 Å². The van der Waals surface area contributed by atoms with Crippen LogP contribution in [0.3, 0.4) is 0 Å². The molecular weight excluding hydrogens is 314 g/mol. The molecule has 0 N–H and O–H groups in total. The van der Waals surface area contributed by atoms with Gasteiger partial charge in [0.15, 0.2) is 0 Å². The number of anilines is 1. The molecule has 0 radical (unpaired) electrons. The third-order valence-corrected chi connectivity index (χ3v) is 4.93. The zero-order chi connectivity index (χ0) is 12.5. The number of aryl methyl sites for hydroxylation is 1. The molecule has 1 saturated heterocycles. The first-order valence-corrected chi connectivity index (χ1v) is 7.91. The fourth-order valence-electron chi connectivity index (χ4n) is 2.19. The lowest BCUT2D eigenvalue weighted by atomic mass is 10.2. The van der Waals surface area contributed by atoms with Gasteiger partial charge < -0.3 is 9.64 Å². The Morgan fingerprint density at radius 1 is 1.56 bits per heavy atom. The fraction of sp³-hybridized carbons (Fsp3) is 0.500. The third kappa shape index (κ3) is 2.13. The van der Waals surface area contributed by atoms with Crippen LogP contribution in [-0.4, -0.2) is 41.1 Å². The Balaban J connectivity index is 1.98. The highest BCUT2D eigenvalue weighted by molar-refractivity contribution is 9.09. The van der Waals surface area contributed by atoms with E-state index in [1.54, 1.807) is 17.7 Å². The quantitative estimate of drug-likeness (QED) is 0.795. The average molecular weight is 328 g/mol. The van der Waals surface area contributed by atoms with Crippen molar-refractivity contribution in [3.63, 3.8) is 0 Å². The molecule has 6 heteroatoms. The van der Waals surface area contributed by atoms with E-state index >= 15 is 0 Å². The van der Waals surface area contributed by atoms with Crippen LogP contribution in [0.2, 0.25) is 0 Å². The van der Waals surface area contributed by atoms with Crippen LogP contribution in [-0.2, 0) is 4.74 Å². The molecule has 3 heterocycles. The number of hydrogen-bond acceptors (Lipinski definition) is 5. The summed E-state index contributed by atoms with van der Waals surface area (Å²) in [7, 11) is 0. The maximum atomic E-state index is 5.67. The smallest absolute Gasteiger partial charge is 0.150 e. The van der Waals surface area contributed by atoms with Gasteiger partial charge in [0.25, 0.3) is 0 Å². The van der Waals surface area contributed by atoms with E-state index < -0.39 is 0 Å². The molecule has 4 nitrogen and oxygen atoms in total. The van der Waals surface area contributed by atoms with Crippen molar-refractivity contribution in [1.29, 1.82) is 0 Å². The number of nitrogens with zero attached hydrogens (tertiary/aromatic N) is 3. The third-order valence-electron chi connectivity index (χ3n) is 3.12. The van der Waals surface area contributed by atoms with Gasteiger partial charge in [-0.15, -0.1) is 11.3 Å². The van der Waals surface area contributed by atoms with Gasteiger partial charge in [-0.1, -0.05) is 15.9 Å². The molecule has 1 fully saturated rings. The van der Waals surface area contributed by atoms with Crippen molar-refractivity contribution in [2.75, 3.05) is 29.9 Å². The minimum absolute atomic E-state index is 0.241. The SMILES string of the molecule is Cc1csc2c(N3CCOC(CBr)C3)ncnc12. The zero-order valence-electron chi connectivity index (χ0n) is 10.1. The van der Waals surface area contributed by atoms with Crippen molar-refractivity contribution in [3.05, 3.63) is 17.3 Å². The van der Waals surface area contributed by atoms with E-state index in [0.717, 1.165) is 36.4 Å². The summed E-state index contributed by atoms with van der Waals surface area (Å²) in [6, 6.07) is 0. The Morgan fingerprint density at radius 2 is 2.44 bits per heavy atom. The topological polar surface area (TPSA) is 38.2 Å². The normalized spacial score (nSPS) is 20.6. The predicted molar refractivity (Wildman–Crippen MR) is 77.9 cm³/mol. The molecular formula is C12H14BrN3OS. The van der Waals surface area contributed by atoms with Crippen LogP contribution >= 0.6 is 27.3 Å². The van der Waals surface area contributed by atoms with Crippen molar-refractivity contribution in [1.82, 2.24) is 9.97 Å². The minimum atomic E-state index is 0.241. The van der Waals surface area contributed by atoms with Gasteiger partial charge in [-0.25, -0.2) is 9.97 Å². The van der Waals surface area contributed by atoms with Crippen LogP contribution in [0, 0.1) is 6.92 Å². The van der Waals surface area contributed by atoms with Gasteiger partial charge in [-0.2, -0.15) is 0 Å². The van der Waals surface area contributed by atoms with Crippen molar-refractivity contribution in [2.45, 2.75) is 13.0 Å². The summed E-state index contributed by atoms with van der Waals surface area (Å²) in [4.78, 5) is 11.1. The second-order valence-corrected chi connectivity index (χ2v) is 5.91. The van der Waals surface area contributed by atoms with E-state index in [4.69, 9.17) is 4.74 Å². The number of hydrogen-bond donors (Lipinski definition) is 0. The number of ether oxygens (including phenoxy) is 1. The molecule has 0 aliphatic carbocycles. The summed E-state index contributed by atoms with van der Waals surface area (Å²) in [5.74, 6) is 1.05. The lowest BCUT2D eigenvalue weighted by molar-refractivity contribution is 0.0569. The summed E-state index contributed by atoms with van der Waals surface area (Å²) >= 11 is 5.21. The number of aromatic nitrogens is 2. The highest BCUT2D eigenvalue weighted by Crippen LogP contribution is 2.31. The largest absolute Gasteiger partial charge is 0.374 e. The Kier molecular flexibility index (Phi) is 3.50. The molecule has 1 atom stereocenters. The average Bonchev–Trinajstić information content (AvgIpc) is 2.81. The van der Waals surface area contributed by atoms with Crippen LogP contribution in [0.1, 0.15) is 5.56 Å². The highest BCUT2D eigenvalue weighted by Gasteiger charge is 2.22. The molecule has 1 unspecified atom stereocenters. The number of rotatable bonds is 2. The lowest BCUT2D eigenvalue weighted by Gasteiger charge is -2.33. The summed E-state index contributed by atoms with van der Waals surface area (Å²) in [6.45, 7) is 4.63. The van der Waals surface area contributed by atoms with Crippen LogP contribution in [0.15, 0.2) is 11.7 Å². The van der Waals surface area contributed by atoms with Gasteiger partial charge in [-0.05, 0) is 17.9 Å². The monoisotopic (exact) mass is 327 g/mol. The van der Waals surface area contributed by atoms with Gasteiger partial charge in [0.05, 0.1) is 22.9 Å². The zero-order valence-corrected chi connectivity index (χ0v) is 12.5. The van der Waals surface area contributed by atoms with E-state index in [0.29, 0.717) is 0 Å². The maximum Gasteiger partial charge on any atom is 0.150 e. The van der Waals surface area contributed by atoms with Crippen LogP contribution < -0.4 is 4.90 Å². The van der Waals surface area contributed by atoms with Crippen LogP contribution in [0.4, 0.5) is 5.82 Å². The molecule has 18 heavy (non-hydrogen) atoms. The minimum Gasteiger partial charge on any atom is -0.374 e. The second kappa shape index (κ2) is 5.11. The predicted octanol–water partition coefficient (Wildman–Crippen LogP) is 2.60. The summed E-state index contributed by atoms with van der Waals surface area (Å²) in [6.07, 6.45) is 1.90. The standard InChI is InChI=1S/C12H14BrN3OS/c1-8-6-18-11-10(8)14-7-15-12(11)16-2-3-17-9(4-13)5-16/h6-7,9H,2-5H2,1H3. The van der Waals surface area contributed by atoms with E-state index in [1.807, 2.05) is 0 Å². The summed E-state index contributed by atoms with van der Waals surface area (Å²) in [5.41, 5.74) is 2.30. The Bertz CT molecular complexity index is 559. The molecule has 0 amide bonds. The molecule has 3 rings (SSSR count). The summed E-state index contributed by atoms with van der Waals surface area (Å²) < 4.78 is 6.85. The number of morpholine rings is 1. The number of alkyl halides is 1. The van der Waals surface area contributed by atoms with Crippen molar-refractivity contribution in [3.8, 4) is 0 Å². The van der Waals surface area contributed by atoms with Gasteiger partial charge in [0.2, 0.25) is 0 Å². The van der Waals surface area contributed by atoms with Gasteiger partial charge in [0.1, 0.15) is 12.1 Å². The molecule has 0 aromatic carbocycles. The molecule has 2 aromatic rings. The number of thiophene rings is 1. The van der Waals surface area contributed by atoms with Crippen molar-refractivity contribution >= 4 is 43.3 Å². The molecule has 0 spiro atoms. The first kappa shape index (κ1) is 12.3. The maximum absolute atomic E-state index is 5.67. The Morgan fingerprint density at radius 3 is 3.28 bits per heavy atom.